The number of carbonyl (C=O) groups excluding carboxylic acids is 1. The molecule has 0 aliphatic carbocycles. The number of carbonyl (C=O) groups is 1. The van der Waals surface area contributed by atoms with Gasteiger partial charge in [-0.2, -0.15) is 0 Å². The van der Waals surface area contributed by atoms with Gasteiger partial charge in [-0.3, -0.25) is 4.79 Å². The Morgan fingerprint density at radius 1 is 1.53 bits per heavy atom. The van der Waals surface area contributed by atoms with Crippen molar-refractivity contribution in [1.29, 1.82) is 0 Å². The predicted octanol–water partition coefficient (Wildman–Crippen LogP) is 1.67. The largest absolute Gasteiger partial charge is 0.382 e. The summed E-state index contributed by atoms with van der Waals surface area (Å²) in [6.45, 7) is 5.75. The van der Waals surface area contributed by atoms with E-state index in [9.17, 15) is 4.79 Å². The van der Waals surface area contributed by atoms with Crippen LogP contribution in [0.25, 0.3) is 0 Å². The van der Waals surface area contributed by atoms with Crippen LogP contribution in [0.4, 0.5) is 10.9 Å². The first kappa shape index (κ1) is 15.3. The van der Waals surface area contributed by atoms with Crippen molar-refractivity contribution in [2.24, 2.45) is 0 Å². The second-order valence-electron chi connectivity index (χ2n) is 4.16. The molecule has 1 rings (SSSR count). The summed E-state index contributed by atoms with van der Waals surface area (Å²) >= 11 is 1.31. The van der Waals surface area contributed by atoms with Gasteiger partial charge in [-0.1, -0.05) is 24.2 Å². The summed E-state index contributed by atoms with van der Waals surface area (Å²) < 4.78 is 0. The number of thiazole rings is 1. The van der Waals surface area contributed by atoms with Gasteiger partial charge >= 0.3 is 0 Å². The van der Waals surface area contributed by atoms with Gasteiger partial charge in [0.05, 0.1) is 6.54 Å². The number of hydrogen-bond donors (Lipinski definition) is 1. The van der Waals surface area contributed by atoms with E-state index >= 15 is 0 Å². The number of nitrogen functional groups attached to an aromatic ring is 1. The van der Waals surface area contributed by atoms with E-state index in [1.54, 1.807) is 4.90 Å². The lowest BCUT2D eigenvalue weighted by Gasteiger charge is -2.18. The summed E-state index contributed by atoms with van der Waals surface area (Å²) in [7, 11) is 1.91. The number of rotatable bonds is 6. The zero-order valence-corrected chi connectivity index (χ0v) is 12.5. The standard InChI is InChI=1S/C13H20N4OS/c1-5-8-17(9-6-2)12(18)10-11(14)15-13(19-10)16(4)7-3/h1H,6-9,14H2,2-4H3. The summed E-state index contributed by atoms with van der Waals surface area (Å²) in [6.07, 6.45) is 6.15. The van der Waals surface area contributed by atoms with Gasteiger partial charge in [-0.15, -0.1) is 6.42 Å². The van der Waals surface area contributed by atoms with Gasteiger partial charge in [-0.05, 0) is 13.3 Å². The first-order valence-corrected chi connectivity index (χ1v) is 7.06. The maximum atomic E-state index is 12.4. The van der Waals surface area contributed by atoms with Crippen LogP contribution < -0.4 is 10.6 Å². The van der Waals surface area contributed by atoms with Gasteiger partial charge < -0.3 is 15.5 Å². The molecule has 0 atom stereocenters. The fraction of sp³-hybridized carbons (Fsp3) is 0.538. The molecule has 6 heteroatoms. The number of nitrogens with two attached hydrogens (primary N) is 1. The highest BCUT2D eigenvalue weighted by Gasteiger charge is 2.22. The molecule has 0 bridgehead atoms. The Bertz CT molecular complexity index is 477. The number of hydrogen-bond acceptors (Lipinski definition) is 5. The quantitative estimate of drug-likeness (QED) is 0.805. The third-order valence-electron chi connectivity index (χ3n) is 2.70. The second-order valence-corrected chi connectivity index (χ2v) is 5.13. The molecule has 0 spiro atoms. The van der Waals surface area contributed by atoms with Crippen LogP contribution >= 0.6 is 11.3 Å². The zero-order chi connectivity index (χ0) is 14.4. The molecule has 0 saturated carbocycles. The van der Waals surface area contributed by atoms with Crippen molar-refractivity contribution < 1.29 is 4.79 Å². The van der Waals surface area contributed by atoms with Gasteiger partial charge in [-0.25, -0.2) is 4.98 Å². The summed E-state index contributed by atoms with van der Waals surface area (Å²) in [5, 5.41) is 0.750. The van der Waals surface area contributed by atoms with Crippen LogP contribution in [0, 0.1) is 12.3 Å². The monoisotopic (exact) mass is 280 g/mol. The molecule has 0 radical (unpaired) electrons. The molecule has 1 amide bonds. The number of aromatic nitrogens is 1. The van der Waals surface area contributed by atoms with Crippen LogP contribution in [0.2, 0.25) is 0 Å². The highest BCUT2D eigenvalue weighted by Crippen LogP contribution is 2.28. The average Bonchev–Trinajstić information content (AvgIpc) is 2.79. The Labute approximate surface area is 118 Å². The molecule has 0 fully saturated rings. The first-order valence-electron chi connectivity index (χ1n) is 6.25. The minimum atomic E-state index is -0.134. The van der Waals surface area contributed by atoms with E-state index in [1.807, 2.05) is 25.8 Å². The van der Waals surface area contributed by atoms with Gasteiger partial charge in [0.25, 0.3) is 5.91 Å². The molecule has 2 N–H and O–H groups in total. The van der Waals surface area contributed by atoms with E-state index in [4.69, 9.17) is 12.2 Å². The third kappa shape index (κ3) is 3.61. The Morgan fingerprint density at radius 2 is 2.21 bits per heavy atom. The lowest BCUT2D eigenvalue weighted by molar-refractivity contribution is 0.0782. The Balaban J connectivity index is 2.98. The van der Waals surface area contributed by atoms with Crippen molar-refractivity contribution in [2.75, 3.05) is 37.3 Å². The smallest absolute Gasteiger partial charge is 0.268 e. The zero-order valence-electron chi connectivity index (χ0n) is 11.6. The molecule has 5 nitrogen and oxygen atoms in total. The van der Waals surface area contributed by atoms with E-state index in [-0.39, 0.29) is 11.7 Å². The second kappa shape index (κ2) is 7.00. The van der Waals surface area contributed by atoms with Crippen LogP contribution in [-0.2, 0) is 0 Å². The molecule has 1 aromatic heterocycles. The Hall–Kier alpha value is -1.74. The van der Waals surface area contributed by atoms with Crippen LogP contribution in [-0.4, -0.2) is 42.5 Å². The van der Waals surface area contributed by atoms with Crippen LogP contribution in [0.5, 0.6) is 0 Å². The van der Waals surface area contributed by atoms with Crippen molar-refractivity contribution in [3.63, 3.8) is 0 Å². The predicted molar refractivity (Wildman–Crippen MR) is 80.5 cm³/mol. The highest BCUT2D eigenvalue weighted by atomic mass is 32.1. The molecule has 0 aliphatic rings. The summed E-state index contributed by atoms with van der Waals surface area (Å²) in [5.41, 5.74) is 5.84. The summed E-state index contributed by atoms with van der Waals surface area (Å²) in [5.74, 6) is 2.65. The lowest BCUT2D eigenvalue weighted by atomic mass is 10.3. The van der Waals surface area contributed by atoms with Crippen molar-refractivity contribution in [3.05, 3.63) is 4.88 Å². The fourth-order valence-electron chi connectivity index (χ4n) is 1.55. The normalized spacial score (nSPS) is 10.0. The van der Waals surface area contributed by atoms with Crippen molar-refractivity contribution in [2.45, 2.75) is 20.3 Å². The van der Waals surface area contributed by atoms with Crippen molar-refractivity contribution in [3.8, 4) is 12.3 Å². The van der Waals surface area contributed by atoms with E-state index in [0.29, 0.717) is 18.0 Å². The molecule has 0 aliphatic heterocycles. The molecule has 104 valence electrons. The van der Waals surface area contributed by atoms with Crippen LogP contribution in [0.15, 0.2) is 0 Å². The maximum absolute atomic E-state index is 12.4. The molecule has 0 unspecified atom stereocenters. The van der Waals surface area contributed by atoms with Gasteiger partial charge in [0, 0.05) is 20.1 Å². The summed E-state index contributed by atoms with van der Waals surface area (Å²) in [4.78, 5) is 20.6. The Kier molecular flexibility index (Phi) is 5.64. The minimum Gasteiger partial charge on any atom is -0.382 e. The van der Waals surface area contributed by atoms with Gasteiger partial charge in [0.15, 0.2) is 5.13 Å². The molecule has 0 aromatic carbocycles. The molecular weight excluding hydrogens is 260 g/mol. The fourth-order valence-corrected chi connectivity index (χ4v) is 2.53. The number of nitrogens with zero attached hydrogens (tertiary/aromatic N) is 3. The van der Waals surface area contributed by atoms with Crippen molar-refractivity contribution in [1.82, 2.24) is 9.88 Å². The third-order valence-corrected chi connectivity index (χ3v) is 3.87. The summed E-state index contributed by atoms with van der Waals surface area (Å²) in [6, 6.07) is 0. The lowest BCUT2D eigenvalue weighted by Crippen LogP contribution is -2.32. The minimum absolute atomic E-state index is 0.134. The molecule has 19 heavy (non-hydrogen) atoms. The molecule has 1 aromatic rings. The van der Waals surface area contributed by atoms with Gasteiger partial charge in [0.2, 0.25) is 0 Å². The molecule has 0 saturated heterocycles. The van der Waals surface area contributed by atoms with E-state index < -0.39 is 0 Å². The topological polar surface area (TPSA) is 62.5 Å². The SMILES string of the molecule is C#CCN(CCC)C(=O)c1sc(N(C)CC)nc1N. The van der Waals surface area contributed by atoms with E-state index in [2.05, 4.69) is 10.9 Å². The van der Waals surface area contributed by atoms with Crippen molar-refractivity contribution >= 4 is 28.2 Å². The number of amides is 1. The van der Waals surface area contributed by atoms with Gasteiger partial charge in [0.1, 0.15) is 10.7 Å². The average molecular weight is 280 g/mol. The highest BCUT2D eigenvalue weighted by molar-refractivity contribution is 7.18. The van der Waals surface area contributed by atoms with E-state index in [1.165, 1.54) is 11.3 Å². The number of anilines is 2. The maximum Gasteiger partial charge on any atom is 0.268 e. The number of terminal acetylenes is 1. The van der Waals surface area contributed by atoms with E-state index in [0.717, 1.165) is 18.1 Å². The Morgan fingerprint density at radius 3 is 2.74 bits per heavy atom. The van der Waals surface area contributed by atoms with Crippen LogP contribution in [0.1, 0.15) is 29.9 Å². The molecular formula is C13H20N4OS. The molecule has 1 heterocycles. The first-order chi connectivity index (χ1) is 9.04. The van der Waals surface area contributed by atoms with Crippen LogP contribution in [0.3, 0.4) is 0 Å².